The number of halogens is 1. The first-order valence-electron chi connectivity index (χ1n) is 11.5. The van der Waals surface area contributed by atoms with Gasteiger partial charge in [0.15, 0.2) is 11.3 Å². The minimum absolute atomic E-state index is 0.0200. The number of aliphatic hydroxyl groups is 1. The highest BCUT2D eigenvalue weighted by Crippen LogP contribution is 2.35. The maximum atomic E-state index is 13.8. The van der Waals surface area contributed by atoms with Gasteiger partial charge in [-0.05, 0) is 53.8 Å². The fourth-order valence-corrected chi connectivity index (χ4v) is 5.24. The topological polar surface area (TPSA) is 82.8 Å². The van der Waals surface area contributed by atoms with E-state index in [9.17, 15) is 14.3 Å². The van der Waals surface area contributed by atoms with Gasteiger partial charge in [-0.25, -0.2) is 13.9 Å². The minimum atomic E-state index is -0.680. The Balaban J connectivity index is 1.30. The van der Waals surface area contributed by atoms with Gasteiger partial charge in [0, 0.05) is 13.0 Å². The summed E-state index contributed by atoms with van der Waals surface area (Å²) in [7, 11) is 0. The van der Waals surface area contributed by atoms with Crippen LogP contribution < -0.4 is 10.2 Å². The monoisotopic (exact) mass is 457 g/mol. The van der Waals surface area contributed by atoms with Crippen LogP contribution in [0.4, 0.5) is 10.2 Å². The average Bonchev–Trinajstić information content (AvgIpc) is 3.56. The van der Waals surface area contributed by atoms with Crippen LogP contribution in [0.15, 0.2) is 66.9 Å². The van der Waals surface area contributed by atoms with Gasteiger partial charge in [-0.15, -0.1) is 5.10 Å². The van der Waals surface area contributed by atoms with Crippen molar-refractivity contribution in [3.8, 4) is 0 Å². The molecule has 2 N–H and O–H groups in total. The van der Waals surface area contributed by atoms with Crippen LogP contribution in [0.25, 0.3) is 5.65 Å². The Morgan fingerprint density at radius 2 is 2.00 bits per heavy atom. The number of hydrogen-bond acceptors (Lipinski definition) is 5. The van der Waals surface area contributed by atoms with Crippen molar-refractivity contribution in [2.24, 2.45) is 0 Å². The summed E-state index contributed by atoms with van der Waals surface area (Å²) in [6.45, 7) is 0.793. The van der Waals surface area contributed by atoms with Crippen molar-refractivity contribution >= 4 is 17.4 Å². The largest absolute Gasteiger partial charge is 0.390 e. The maximum Gasteiger partial charge on any atom is 0.272 e. The van der Waals surface area contributed by atoms with Crippen LogP contribution in [0.2, 0.25) is 0 Å². The molecule has 0 radical (unpaired) electrons. The highest BCUT2D eigenvalue weighted by Gasteiger charge is 2.33. The zero-order valence-electron chi connectivity index (χ0n) is 18.4. The summed E-state index contributed by atoms with van der Waals surface area (Å²) in [6, 6.07) is 17.7. The van der Waals surface area contributed by atoms with E-state index < -0.39 is 12.1 Å². The molecule has 172 valence electrons. The Morgan fingerprint density at radius 3 is 2.88 bits per heavy atom. The summed E-state index contributed by atoms with van der Waals surface area (Å²) in [5, 5.41) is 18.2. The number of carbonyl (C=O) groups is 1. The standard InChI is InChI=1S/C26H24FN5O2/c27-18-7-3-6-17(13-18)20-9-4-12-31(20)24-11-10-23-28-15-21(32(23)30-24)26(34)29-25-19-8-2-1-5-16(19)14-22(25)33/h1-3,5-8,10-11,13,15,20,22,25,33H,4,9,12,14H2,(H,29,34)/t20-,22-,25-/m1/s1. The van der Waals surface area contributed by atoms with Crippen molar-refractivity contribution in [1.29, 1.82) is 0 Å². The van der Waals surface area contributed by atoms with Crippen molar-refractivity contribution in [1.82, 2.24) is 19.9 Å². The predicted molar refractivity (Wildman–Crippen MR) is 125 cm³/mol. The average molecular weight is 458 g/mol. The molecular formula is C26H24FN5O2. The van der Waals surface area contributed by atoms with Gasteiger partial charge in [0.2, 0.25) is 0 Å². The summed E-state index contributed by atoms with van der Waals surface area (Å²) in [6.07, 6.45) is 3.20. The molecule has 1 amide bonds. The van der Waals surface area contributed by atoms with E-state index in [0.29, 0.717) is 23.6 Å². The number of carbonyl (C=O) groups excluding carboxylic acids is 1. The molecule has 1 aliphatic heterocycles. The molecule has 1 aliphatic carbocycles. The summed E-state index contributed by atoms with van der Waals surface area (Å²) in [4.78, 5) is 19.7. The minimum Gasteiger partial charge on any atom is -0.390 e. The van der Waals surface area contributed by atoms with E-state index in [1.165, 1.54) is 12.3 Å². The van der Waals surface area contributed by atoms with Gasteiger partial charge >= 0.3 is 0 Å². The lowest BCUT2D eigenvalue weighted by atomic mass is 10.0. The molecule has 2 aromatic heterocycles. The van der Waals surface area contributed by atoms with Gasteiger partial charge in [0.25, 0.3) is 5.91 Å². The summed E-state index contributed by atoms with van der Waals surface area (Å²) in [5.74, 6) is 0.107. The number of anilines is 1. The van der Waals surface area contributed by atoms with Crippen LogP contribution in [0.5, 0.6) is 0 Å². The smallest absolute Gasteiger partial charge is 0.272 e. The SMILES string of the molecule is O=C(N[C@@H]1c2ccccc2C[C@H]1O)c1cnc2ccc(N3CCC[C@@H]3c3cccc(F)c3)nn12. The number of nitrogens with one attached hydrogen (secondary N) is 1. The molecule has 0 spiro atoms. The fraction of sp³-hybridized carbons (Fsp3) is 0.269. The molecule has 4 aromatic rings. The number of aromatic nitrogens is 3. The van der Waals surface area contributed by atoms with Gasteiger partial charge in [-0.1, -0.05) is 36.4 Å². The molecule has 3 atom stereocenters. The van der Waals surface area contributed by atoms with Crippen LogP contribution in [0, 0.1) is 5.82 Å². The maximum absolute atomic E-state index is 13.8. The lowest BCUT2D eigenvalue weighted by molar-refractivity contribution is 0.0851. The summed E-state index contributed by atoms with van der Waals surface area (Å²) < 4.78 is 15.4. The summed E-state index contributed by atoms with van der Waals surface area (Å²) >= 11 is 0. The number of aliphatic hydroxyl groups excluding tert-OH is 1. The van der Waals surface area contributed by atoms with Gasteiger partial charge < -0.3 is 15.3 Å². The molecule has 34 heavy (non-hydrogen) atoms. The van der Waals surface area contributed by atoms with Crippen LogP contribution in [0.1, 0.15) is 52.1 Å². The second kappa shape index (κ2) is 8.22. The Hall–Kier alpha value is -3.78. The highest BCUT2D eigenvalue weighted by atomic mass is 19.1. The molecule has 3 heterocycles. The molecule has 2 aromatic carbocycles. The van der Waals surface area contributed by atoms with Gasteiger partial charge in [-0.3, -0.25) is 4.79 Å². The summed E-state index contributed by atoms with van der Waals surface area (Å²) in [5.41, 5.74) is 3.74. The number of hydrogen-bond donors (Lipinski definition) is 2. The quantitative estimate of drug-likeness (QED) is 0.489. The number of imidazole rings is 1. The third kappa shape index (κ3) is 3.51. The van der Waals surface area contributed by atoms with E-state index in [1.807, 2.05) is 42.5 Å². The molecule has 7 nitrogen and oxygen atoms in total. The lowest BCUT2D eigenvalue weighted by Crippen LogP contribution is -2.34. The molecule has 0 saturated carbocycles. The van der Waals surface area contributed by atoms with Crippen molar-refractivity contribution < 1.29 is 14.3 Å². The van der Waals surface area contributed by atoms with Crippen LogP contribution in [0.3, 0.4) is 0 Å². The number of amides is 1. The first-order chi connectivity index (χ1) is 16.6. The fourth-order valence-electron chi connectivity index (χ4n) is 5.24. The highest BCUT2D eigenvalue weighted by molar-refractivity contribution is 5.93. The first kappa shape index (κ1) is 20.8. The van der Waals surface area contributed by atoms with Crippen molar-refractivity contribution in [3.05, 3.63) is 95.1 Å². The van der Waals surface area contributed by atoms with Crippen molar-refractivity contribution in [2.45, 2.75) is 37.5 Å². The Bertz CT molecular complexity index is 1390. The zero-order valence-corrected chi connectivity index (χ0v) is 18.4. The molecule has 0 bridgehead atoms. The second-order valence-corrected chi connectivity index (χ2v) is 8.93. The number of nitrogens with zero attached hydrogens (tertiary/aromatic N) is 4. The van der Waals surface area contributed by atoms with Gasteiger partial charge in [0.1, 0.15) is 11.6 Å². The molecule has 1 saturated heterocycles. The Labute approximate surface area is 195 Å². The Kier molecular flexibility index (Phi) is 5.03. The van der Waals surface area contributed by atoms with E-state index in [-0.39, 0.29) is 17.8 Å². The third-order valence-electron chi connectivity index (χ3n) is 6.85. The molecule has 0 unspecified atom stereocenters. The van der Waals surface area contributed by atoms with Crippen molar-refractivity contribution in [3.63, 3.8) is 0 Å². The van der Waals surface area contributed by atoms with E-state index in [2.05, 4.69) is 15.2 Å². The zero-order chi connectivity index (χ0) is 23.2. The van der Waals surface area contributed by atoms with E-state index in [0.717, 1.165) is 36.1 Å². The van der Waals surface area contributed by atoms with E-state index in [1.54, 1.807) is 16.6 Å². The van der Waals surface area contributed by atoms with E-state index >= 15 is 0 Å². The van der Waals surface area contributed by atoms with E-state index in [4.69, 9.17) is 5.10 Å². The lowest BCUT2D eigenvalue weighted by Gasteiger charge is -2.26. The first-order valence-corrected chi connectivity index (χ1v) is 11.5. The third-order valence-corrected chi connectivity index (χ3v) is 6.85. The molecule has 2 aliphatic rings. The number of rotatable bonds is 4. The normalized spacial score (nSPS) is 21.7. The molecular weight excluding hydrogens is 433 g/mol. The van der Waals surface area contributed by atoms with Gasteiger partial charge in [0.05, 0.1) is 24.4 Å². The van der Waals surface area contributed by atoms with Crippen LogP contribution >= 0.6 is 0 Å². The molecule has 1 fully saturated rings. The number of fused-ring (bicyclic) bond motifs is 2. The second-order valence-electron chi connectivity index (χ2n) is 8.93. The Morgan fingerprint density at radius 1 is 1.12 bits per heavy atom. The van der Waals surface area contributed by atoms with Crippen LogP contribution in [-0.4, -0.2) is 38.3 Å². The molecule has 8 heteroatoms. The number of benzene rings is 2. The molecule has 6 rings (SSSR count). The van der Waals surface area contributed by atoms with Crippen molar-refractivity contribution in [2.75, 3.05) is 11.4 Å². The van der Waals surface area contributed by atoms with Gasteiger partial charge in [-0.2, -0.15) is 0 Å². The van der Waals surface area contributed by atoms with Crippen LogP contribution in [-0.2, 0) is 6.42 Å². The predicted octanol–water partition coefficient (Wildman–Crippen LogP) is 3.60.